The van der Waals surface area contributed by atoms with E-state index in [1.165, 1.54) is 6.92 Å². The Balaban J connectivity index is 3.25. The molecule has 0 aliphatic rings. The molecule has 0 aliphatic carbocycles. The molecular weight excluding hydrogens is 166 g/mol. The third-order valence-electron chi connectivity index (χ3n) is 1.84. The zero-order valence-corrected chi connectivity index (χ0v) is 8.56. The summed E-state index contributed by atoms with van der Waals surface area (Å²) in [6.45, 7) is 4.06. The van der Waals surface area contributed by atoms with Crippen LogP contribution in [0.25, 0.3) is 0 Å². The summed E-state index contributed by atoms with van der Waals surface area (Å²) in [5.41, 5.74) is 0. The lowest BCUT2D eigenvalue weighted by Gasteiger charge is -2.01. The molecule has 0 saturated heterocycles. The van der Waals surface area contributed by atoms with Crippen LogP contribution in [0.2, 0.25) is 0 Å². The van der Waals surface area contributed by atoms with E-state index >= 15 is 0 Å². The second-order valence-electron chi connectivity index (χ2n) is 3.23. The minimum Gasteiger partial charge on any atom is -0.356 e. The van der Waals surface area contributed by atoms with E-state index in [0.717, 1.165) is 19.3 Å². The van der Waals surface area contributed by atoms with Crippen molar-refractivity contribution in [1.29, 1.82) is 0 Å². The molecular formula is C10H19NO2. The quantitative estimate of drug-likeness (QED) is 0.613. The van der Waals surface area contributed by atoms with Crippen LogP contribution >= 0.6 is 0 Å². The summed E-state index contributed by atoms with van der Waals surface area (Å²) in [5.74, 6) is 0.184. The first kappa shape index (κ1) is 12.1. The lowest BCUT2D eigenvalue weighted by atomic mass is 10.1. The van der Waals surface area contributed by atoms with Crippen LogP contribution in [0.15, 0.2) is 0 Å². The van der Waals surface area contributed by atoms with Crippen molar-refractivity contribution in [3.05, 3.63) is 0 Å². The molecule has 76 valence electrons. The molecule has 0 unspecified atom stereocenters. The Hall–Kier alpha value is -0.860. The van der Waals surface area contributed by atoms with Gasteiger partial charge < -0.3 is 5.32 Å². The average Bonchev–Trinajstić information content (AvgIpc) is 2.04. The molecule has 1 amide bonds. The van der Waals surface area contributed by atoms with E-state index in [-0.39, 0.29) is 11.7 Å². The second-order valence-corrected chi connectivity index (χ2v) is 3.23. The molecule has 3 heteroatoms. The SMILES string of the molecule is CCCCCC(=O)CCNC(C)=O. The molecule has 0 atom stereocenters. The van der Waals surface area contributed by atoms with Gasteiger partial charge in [-0.25, -0.2) is 0 Å². The van der Waals surface area contributed by atoms with Crippen molar-refractivity contribution >= 4 is 11.7 Å². The number of rotatable bonds is 7. The highest BCUT2D eigenvalue weighted by atomic mass is 16.1. The summed E-state index contributed by atoms with van der Waals surface area (Å²) in [6.07, 6.45) is 4.37. The number of hydrogen-bond acceptors (Lipinski definition) is 2. The Morgan fingerprint density at radius 1 is 1.15 bits per heavy atom. The van der Waals surface area contributed by atoms with Crippen LogP contribution in [0.5, 0.6) is 0 Å². The zero-order chi connectivity index (χ0) is 10.1. The van der Waals surface area contributed by atoms with Gasteiger partial charge in [0.2, 0.25) is 5.91 Å². The molecule has 1 N–H and O–H groups in total. The molecule has 0 spiro atoms. The Morgan fingerprint density at radius 3 is 2.38 bits per heavy atom. The van der Waals surface area contributed by atoms with Crippen LogP contribution in [0.4, 0.5) is 0 Å². The smallest absolute Gasteiger partial charge is 0.216 e. The van der Waals surface area contributed by atoms with E-state index in [4.69, 9.17) is 0 Å². The van der Waals surface area contributed by atoms with Gasteiger partial charge >= 0.3 is 0 Å². The summed E-state index contributed by atoms with van der Waals surface area (Å²) in [7, 11) is 0. The molecule has 0 saturated carbocycles. The van der Waals surface area contributed by atoms with Gasteiger partial charge in [0, 0.05) is 26.3 Å². The summed E-state index contributed by atoms with van der Waals surface area (Å²) < 4.78 is 0. The third-order valence-corrected chi connectivity index (χ3v) is 1.84. The van der Waals surface area contributed by atoms with Crippen molar-refractivity contribution in [2.75, 3.05) is 6.54 Å². The first-order chi connectivity index (χ1) is 6.16. The molecule has 0 radical (unpaired) electrons. The van der Waals surface area contributed by atoms with Crippen LogP contribution in [-0.2, 0) is 9.59 Å². The van der Waals surface area contributed by atoms with E-state index in [2.05, 4.69) is 12.2 Å². The number of ketones is 1. The number of hydrogen-bond donors (Lipinski definition) is 1. The largest absolute Gasteiger partial charge is 0.356 e. The second kappa shape index (κ2) is 7.77. The zero-order valence-electron chi connectivity index (χ0n) is 8.56. The Labute approximate surface area is 79.9 Å². The molecule has 0 aromatic heterocycles. The number of Topliss-reactive ketones (excluding diaryl/α,β-unsaturated/α-hetero) is 1. The number of unbranched alkanes of at least 4 members (excludes halogenated alkanes) is 2. The van der Waals surface area contributed by atoms with E-state index in [9.17, 15) is 9.59 Å². The number of nitrogens with one attached hydrogen (secondary N) is 1. The standard InChI is InChI=1S/C10H19NO2/c1-3-4-5-6-10(13)7-8-11-9(2)12/h3-8H2,1-2H3,(H,11,12). The van der Waals surface area contributed by atoms with Gasteiger partial charge in [0.1, 0.15) is 5.78 Å². The Kier molecular flexibility index (Phi) is 7.26. The lowest BCUT2D eigenvalue weighted by molar-refractivity contribution is -0.120. The fourth-order valence-electron chi connectivity index (χ4n) is 1.08. The van der Waals surface area contributed by atoms with Gasteiger partial charge in [-0.1, -0.05) is 19.8 Å². The minimum absolute atomic E-state index is 0.0682. The van der Waals surface area contributed by atoms with E-state index in [0.29, 0.717) is 19.4 Å². The van der Waals surface area contributed by atoms with Crippen LogP contribution in [0, 0.1) is 0 Å². The van der Waals surface area contributed by atoms with Crippen molar-refractivity contribution in [1.82, 2.24) is 5.32 Å². The molecule has 0 bridgehead atoms. The fraction of sp³-hybridized carbons (Fsp3) is 0.800. The van der Waals surface area contributed by atoms with Gasteiger partial charge in [-0.2, -0.15) is 0 Å². The van der Waals surface area contributed by atoms with Crippen molar-refractivity contribution < 1.29 is 9.59 Å². The van der Waals surface area contributed by atoms with Crippen LogP contribution in [-0.4, -0.2) is 18.2 Å². The molecule has 0 fully saturated rings. The van der Waals surface area contributed by atoms with Crippen LogP contribution < -0.4 is 5.32 Å². The molecule has 0 aromatic carbocycles. The van der Waals surface area contributed by atoms with Crippen molar-refractivity contribution in [3.63, 3.8) is 0 Å². The van der Waals surface area contributed by atoms with Gasteiger partial charge in [0.15, 0.2) is 0 Å². The van der Waals surface area contributed by atoms with Crippen molar-refractivity contribution in [2.24, 2.45) is 0 Å². The number of carbonyl (C=O) groups is 2. The fourth-order valence-corrected chi connectivity index (χ4v) is 1.08. The summed E-state index contributed by atoms with van der Waals surface area (Å²) in [5, 5.41) is 2.61. The maximum atomic E-state index is 11.1. The van der Waals surface area contributed by atoms with Gasteiger partial charge in [0.05, 0.1) is 0 Å². The molecule has 0 rings (SSSR count). The summed E-state index contributed by atoms with van der Waals surface area (Å²) in [4.78, 5) is 21.6. The molecule has 0 aromatic rings. The highest BCUT2D eigenvalue weighted by molar-refractivity contribution is 5.79. The van der Waals surface area contributed by atoms with Crippen molar-refractivity contribution in [2.45, 2.75) is 46.0 Å². The summed E-state index contributed by atoms with van der Waals surface area (Å²) in [6, 6.07) is 0. The van der Waals surface area contributed by atoms with Gasteiger partial charge in [-0.15, -0.1) is 0 Å². The van der Waals surface area contributed by atoms with Gasteiger partial charge in [0.25, 0.3) is 0 Å². The van der Waals surface area contributed by atoms with Crippen molar-refractivity contribution in [3.8, 4) is 0 Å². The van der Waals surface area contributed by atoms with E-state index in [1.54, 1.807) is 0 Å². The third kappa shape index (κ3) is 9.05. The maximum Gasteiger partial charge on any atom is 0.216 e. The van der Waals surface area contributed by atoms with Gasteiger partial charge in [-0.3, -0.25) is 9.59 Å². The highest BCUT2D eigenvalue weighted by Crippen LogP contribution is 2.01. The Morgan fingerprint density at radius 2 is 1.85 bits per heavy atom. The minimum atomic E-state index is -0.0682. The lowest BCUT2D eigenvalue weighted by Crippen LogP contribution is -2.22. The van der Waals surface area contributed by atoms with Crippen LogP contribution in [0.1, 0.15) is 46.0 Å². The predicted octanol–water partition coefficient (Wildman–Crippen LogP) is 1.66. The highest BCUT2D eigenvalue weighted by Gasteiger charge is 2.01. The summed E-state index contributed by atoms with van der Waals surface area (Å²) >= 11 is 0. The maximum absolute atomic E-state index is 11.1. The molecule has 13 heavy (non-hydrogen) atoms. The first-order valence-electron chi connectivity index (χ1n) is 4.93. The first-order valence-corrected chi connectivity index (χ1v) is 4.93. The molecule has 0 heterocycles. The topological polar surface area (TPSA) is 46.2 Å². The number of carbonyl (C=O) groups excluding carboxylic acids is 2. The van der Waals surface area contributed by atoms with E-state index < -0.39 is 0 Å². The average molecular weight is 185 g/mol. The normalized spacial score (nSPS) is 9.69. The van der Waals surface area contributed by atoms with E-state index in [1.807, 2.05) is 0 Å². The van der Waals surface area contributed by atoms with Crippen LogP contribution in [0.3, 0.4) is 0 Å². The number of amides is 1. The van der Waals surface area contributed by atoms with Gasteiger partial charge in [-0.05, 0) is 6.42 Å². The Bertz CT molecular complexity index is 166. The monoisotopic (exact) mass is 185 g/mol. The predicted molar refractivity (Wildman–Crippen MR) is 52.4 cm³/mol. The molecule has 3 nitrogen and oxygen atoms in total. The molecule has 0 aliphatic heterocycles.